The molecule has 0 radical (unpaired) electrons. The zero-order chi connectivity index (χ0) is 9.47. The highest BCUT2D eigenvalue weighted by Gasteiger charge is 2.54. The third-order valence-electron chi connectivity index (χ3n) is 4.53. The average molecular weight is 181 g/mol. The quantitative estimate of drug-likeness (QED) is 0.647. The van der Waals surface area contributed by atoms with Gasteiger partial charge in [-0.25, -0.2) is 0 Å². The lowest BCUT2D eigenvalue weighted by molar-refractivity contribution is 0.0127. The molecule has 1 nitrogen and oxygen atoms in total. The maximum absolute atomic E-state index is 2.51. The summed E-state index contributed by atoms with van der Waals surface area (Å²) in [6.45, 7) is 2.32. The topological polar surface area (TPSA) is 3.24 Å². The van der Waals surface area contributed by atoms with Crippen LogP contribution in [0.1, 0.15) is 45.4 Å². The summed E-state index contributed by atoms with van der Waals surface area (Å²) in [6.07, 6.45) is 8.81. The standard InChI is InChI=1S/C12H23N/c1-4-5-10-8-11-6-7-12(11,9-10)13(2)3/h10-11H,4-9H2,1-3H3/t10?,11-,12?/m0/s1. The van der Waals surface area contributed by atoms with Crippen LogP contribution in [-0.4, -0.2) is 24.5 Å². The highest BCUT2D eigenvalue weighted by molar-refractivity contribution is 5.09. The Morgan fingerprint density at radius 3 is 2.54 bits per heavy atom. The van der Waals surface area contributed by atoms with Gasteiger partial charge < -0.3 is 4.90 Å². The van der Waals surface area contributed by atoms with Crippen LogP contribution < -0.4 is 0 Å². The molecule has 0 aromatic carbocycles. The maximum Gasteiger partial charge on any atom is 0.0234 e. The van der Waals surface area contributed by atoms with Crippen molar-refractivity contribution in [3.63, 3.8) is 0 Å². The van der Waals surface area contributed by atoms with E-state index in [9.17, 15) is 0 Å². The summed E-state index contributed by atoms with van der Waals surface area (Å²) >= 11 is 0. The van der Waals surface area contributed by atoms with Gasteiger partial charge in [0.25, 0.3) is 0 Å². The van der Waals surface area contributed by atoms with Gasteiger partial charge in [-0.1, -0.05) is 19.8 Å². The van der Waals surface area contributed by atoms with Crippen molar-refractivity contribution in [1.29, 1.82) is 0 Å². The minimum Gasteiger partial charge on any atom is -0.303 e. The second-order valence-corrected chi connectivity index (χ2v) is 5.33. The van der Waals surface area contributed by atoms with E-state index in [1.54, 1.807) is 0 Å². The summed E-state index contributed by atoms with van der Waals surface area (Å²) < 4.78 is 0. The van der Waals surface area contributed by atoms with Crippen LogP contribution in [0.4, 0.5) is 0 Å². The first kappa shape index (κ1) is 9.51. The second kappa shape index (κ2) is 3.27. The number of nitrogens with zero attached hydrogens (tertiary/aromatic N) is 1. The lowest BCUT2D eigenvalue weighted by Crippen LogP contribution is -2.54. The second-order valence-electron chi connectivity index (χ2n) is 5.33. The lowest BCUT2D eigenvalue weighted by Gasteiger charge is -2.50. The van der Waals surface area contributed by atoms with Crippen molar-refractivity contribution in [2.45, 2.75) is 51.0 Å². The molecule has 2 unspecified atom stereocenters. The van der Waals surface area contributed by atoms with Gasteiger partial charge in [0.2, 0.25) is 0 Å². The normalized spacial score (nSPS) is 43.4. The Morgan fingerprint density at radius 2 is 2.15 bits per heavy atom. The molecular formula is C12H23N. The molecule has 1 heteroatoms. The number of fused-ring (bicyclic) bond motifs is 1. The molecule has 0 bridgehead atoms. The van der Waals surface area contributed by atoms with Crippen LogP contribution in [-0.2, 0) is 0 Å². The van der Waals surface area contributed by atoms with E-state index < -0.39 is 0 Å². The molecular weight excluding hydrogens is 158 g/mol. The average Bonchev–Trinajstić information content (AvgIpc) is 2.28. The smallest absolute Gasteiger partial charge is 0.0234 e. The van der Waals surface area contributed by atoms with Gasteiger partial charge in [0, 0.05) is 5.54 Å². The van der Waals surface area contributed by atoms with Crippen LogP contribution in [0, 0.1) is 11.8 Å². The Balaban J connectivity index is 2.00. The van der Waals surface area contributed by atoms with E-state index in [0.717, 1.165) is 11.8 Å². The van der Waals surface area contributed by atoms with Crippen molar-refractivity contribution < 1.29 is 0 Å². The molecule has 2 aliphatic carbocycles. The monoisotopic (exact) mass is 181 g/mol. The Hall–Kier alpha value is -0.0400. The third-order valence-corrected chi connectivity index (χ3v) is 4.53. The van der Waals surface area contributed by atoms with E-state index in [-0.39, 0.29) is 0 Å². The van der Waals surface area contributed by atoms with Crippen LogP contribution >= 0.6 is 0 Å². The largest absolute Gasteiger partial charge is 0.303 e. The van der Waals surface area contributed by atoms with E-state index in [1.807, 2.05) is 0 Å². The number of rotatable bonds is 3. The molecule has 2 rings (SSSR count). The summed E-state index contributed by atoms with van der Waals surface area (Å²) in [5.41, 5.74) is 0.639. The van der Waals surface area contributed by atoms with Crippen LogP contribution in [0.3, 0.4) is 0 Å². The van der Waals surface area contributed by atoms with Crippen molar-refractivity contribution in [1.82, 2.24) is 4.90 Å². The number of hydrogen-bond acceptors (Lipinski definition) is 1. The van der Waals surface area contributed by atoms with Crippen LogP contribution in [0.15, 0.2) is 0 Å². The van der Waals surface area contributed by atoms with Gasteiger partial charge in [-0.2, -0.15) is 0 Å². The Morgan fingerprint density at radius 1 is 1.38 bits per heavy atom. The first-order chi connectivity index (χ1) is 6.19. The number of hydrogen-bond donors (Lipinski definition) is 0. The van der Waals surface area contributed by atoms with Crippen molar-refractivity contribution in [3.05, 3.63) is 0 Å². The van der Waals surface area contributed by atoms with E-state index in [0.29, 0.717) is 5.54 Å². The first-order valence-corrected chi connectivity index (χ1v) is 5.86. The molecule has 13 heavy (non-hydrogen) atoms. The SMILES string of the molecule is CCCC1C[C@@H]2CCC2(N(C)C)C1. The van der Waals surface area contributed by atoms with Gasteiger partial charge in [-0.3, -0.25) is 0 Å². The molecule has 0 saturated heterocycles. The van der Waals surface area contributed by atoms with Crippen molar-refractivity contribution in [2.24, 2.45) is 11.8 Å². The van der Waals surface area contributed by atoms with E-state index in [4.69, 9.17) is 0 Å². The van der Waals surface area contributed by atoms with Gasteiger partial charge in [0.1, 0.15) is 0 Å². The van der Waals surface area contributed by atoms with Crippen molar-refractivity contribution >= 4 is 0 Å². The minimum absolute atomic E-state index is 0.639. The summed E-state index contributed by atoms with van der Waals surface area (Å²) in [6, 6.07) is 0. The molecule has 2 fully saturated rings. The zero-order valence-corrected chi connectivity index (χ0v) is 9.34. The van der Waals surface area contributed by atoms with Crippen molar-refractivity contribution in [2.75, 3.05) is 14.1 Å². The maximum atomic E-state index is 2.51. The highest BCUT2D eigenvalue weighted by atomic mass is 15.2. The lowest BCUT2D eigenvalue weighted by atomic mass is 9.68. The molecule has 0 aliphatic heterocycles. The van der Waals surface area contributed by atoms with E-state index >= 15 is 0 Å². The van der Waals surface area contributed by atoms with Gasteiger partial charge in [0.05, 0.1) is 0 Å². The van der Waals surface area contributed by atoms with E-state index in [2.05, 4.69) is 25.9 Å². The summed E-state index contributed by atoms with van der Waals surface area (Å²) in [4.78, 5) is 2.51. The molecule has 0 N–H and O–H groups in total. The molecule has 0 aromatic heterocycles. The van der Waals surface area contributed by atoms with E-state index in [1.165, 1.54) is 38.5 Å². The molecule has 0 aromatic rings. The van der Waals surface area contributed by atoms with Gasteiger partial charge in [-0.05, 0) is 51.6 Å². The van der Waals surface area contributed by atoms with Crippen molar-refractivity contribution in [3.8, 4) is 0 Å². The molecule has 3 atom stereocenters. The summed E-state index contributed by atoms with van der Waals surface area (Å²) in [7, 11) is 4.56. The first-order valence-electron chi connectivity index (χ1n) is 5.86. The van der Waals surface area contributed by atoms with Gasteiger partial charge >= 0.3 is 0 Å². The Bertz CT molecular complexity index is 188. The highest BCUT2D eigenvalue weighted by Crippen LogP contribution is 2.56. The van der Waals surface area contributed by atoms with Gasteiger partial charge in [0.15, 0.2) is 0 Å². The minimum atomic E-state index is 0.639. The Kier molecular flexibility index (Phi) is 2.39. The Labute approximate surface area is 82.5 Å². The van der Waals surface area contributed by atoms with Crippen LogP contribution in [0.5, 0.6) is 0 Å². The predicted octanol–water partition coefficient (Wildman–Crippen LogP) is 2.91. The summed E-state index contributed by atoms with van der Waals surface area (Å²) in [5, 5.41) is 0. The van der Waals surface area contributed by atoms with Crippen LogP contribution in [0.25, 0.3) is 0 Å². The fraction of sp³-hybridized carbons (Fsp3) is 1.00. The van der Waals surface area contributed by atoms with Gasteiger partial charge in [-0.15, -0.1) is 0 Å². The third kappa shape index (κ3) is 1.32. The molecule has 76 valence electrons. The molecule has 2 aliphatic rings. The summed E-state index contributed by atoms with van der Waals surface area (Å²) in [5.74, 6) is 2.08. The molecule has 0 spiro atoms. The molecule has 0 amide bonds. The van der Waals surface area contributed by atoms with Crippen LogP contribution in [0.2, 0.25) is 0 Å². The fourth-order valence-corrected chi connectivity index (χ4v) is 3.67. The zero-order valence-electron chi connectivity index (χ0n) is 9.34. The predicted molar refractivity (Wildman–Crippen MR) is 56.8 cm³/mol. The molecule has 2 saturated carbocycles. The fourth-order valence-electron chi connectivity index (χ4n) is 3.67. The molecule has 0 heterocycles.